The first kappa shape index (κ1) is 15.6. The molecule has 0 aromatic carbocycles. The number of nitrogens with two attached hydrogens (primary N) is 1. The lowest BCUT2D eigenvalue weighted by molar-refractivity contribution is 0.0238. The van der Waals surface area contributed by atoms with Crippen LogP contribution in [0, 0.1) is 0 Å². The summed E-state index contributed by atoms with van der Waals surface area (Å²) < 4.78 is 5.48. The second kappa shape index (κ2) is 6.31. The quantitative estimate of drug-likeness (QED) is 0.811. The predicted molar refractivity (Wildman–Crippen MR) is 79.6 cm³/mol. The molecule has 0 bridgehead atoms. The van der Waals surface area contributed by atoms with Crippen LogP contribution in [-0.4, -0.2) is 47.8 Å². The van der Waals surface area contributed by atoms with Crippen LogP contribution in [0.4, 0.5) is 4.79 Å². The maximum Gasteiger partial charge on any atom is 0.410 e. The summed E-state index contributed by atoms with van der Waals surface area (Å²) in [5.41, 5.74) is 5.40. The average molecular weight is 283 g/mol. The number of carbonyl (C=O) groups excluding carboxylic acids is 1. The Hall–Kier alpha value is -0.810. The second-order valence-corrected chi connectivity index (χ2v) is 7.21. The number of likely N-dealkylation sites (tertiary alicyclic amines) is 1. The van der Waals surface area contributed by atoms with Crippen molar-refractivity contribution in [3.63, 3.8) is 0 Å². The molecule has 5 nitrogen and oxygen atoms in total. The summed E-state index contributed by atoms with van der Waals surface area (Å²) in [6, 6.07) is 1.27. The minimum absolute atomic E-state index is 0.184. The molecule has 116 valence electrons. The van der Waals surface area contributed by atoms with Crippen LogP contribution in [0.1, 0.15) is 52.9 Å². The molecule has 1 aliphatic heterocycles. The monoisotopic (exact) mass is 283 g/mol. The highest BCUT2D eigenvalue weighted by molar-refractivity contribution is 5.68. The molecule has 1 saturated carbocycles. The van der Waals surface area contributed by atoms with Gasteiger partial charge < -0.3 is 20.7 Å². The topological polar surface area (TPSA) is 67.6 Å². The molecule has 20 heavy (non-hydrogen) atoms. The molecule has 2 aliphatic rings. The summed E-state index contributed by atoms with van der Waals surface area (Å²) in [5.74, 6) is 0. The summed E-state index contributed by atoms with van der Waals surface area (Å²) in [7, 11) is 0. The van der Waals surface area contributed by atoms with Crippen LogP contribution in [-0.2, 0) is 4.74 Å². The molecule has 0 aromatic heterocycles. The van der Waals surface area contributed by atoms with Crippen molar-refractivity contribution in [1.29, 1.82) is 0 Å². The number of nitrogens with one attached hydrogen (secondary N) is 1. The van der Waals surface area contributed by atoms with Crippen molar-refractivity contribution in [3.05, 3.63) is 0 Å². The maximum atomic E-state index is 12.2. The van der Waals surface area contributed by atoms with Gasteiger partial charge in [-0.15, -0.1) is 0 Å². The summed E-state index contributed by atoms with van der Waals surface area (Å²) in [5, 5.41) is 3.64. The van der Waals surface area contributed by atoms with Crippen molar-refractivity contribution < 1.29 is 9.53 Å². The number of rotatable bonds is 2. The van der Waals surface area contributed by atoms with Gasteiger partial charge in [-0.2, -0.15) is 0 Å². The second-order valence-electron chi connectivity index (χ2n) is 7.21. The third kappa shape index (κ3) is 4.63. The minimum atomic E-state index is -0.424. The molecular formula is C15H29N3O2. The summed E-state index contributed by atoms with van der Waals surface area (Å²) in [6.07, 6.45) is 5.28. The Balaban J connectivity index is 1.84. The van der Waals surface area contributed by atoms with Gasteiger partial charge in [0.2, 0.25) is 0 Å². The fraction of sp³-hybridized carbons (Fsp3) is 0.933. The SMILES string of the molecule is CC(C)(C)OC(=O)N1CCCCC(NC2CC(N)C2)C1. The van der Waals surface area contributed by atoms with Gasteiger partial charge in [0, 0.05) is 31.2 Å². The van der Waals surface area contributed by atoms with Crippen molar-refractivity contribution in [2.75, 3.05) is 13.1 Å². The van der Waals surface area contributed by atoms with Gasteiger partial charge in [-0.1, -0.05) is 6.42 Å². The Morgan fingerprint density at radius 2 is 1.95 bits per heavy atom. The van der Waals surface area contributed by atoms with E-state index >= 15 is 0 Å². The van der Waals surface area contributed by atoms with Crippen LogP contribution in [0.15, 0.2) is 0 Å². The van der Waals surface area contributed by atoms with Crippen LogP contribution in [0.25, 0.3) is 0 Å². The highest BCUT2D eigenvalue weighted by atomic mass is 16.6. The highest BCUT2D eigenvalue weighted by Crippen LogP contribution is 2.21. The molecule has 0 radical (unpaired) electrons. The third-order valence-corrected chi connectivity index (χ3v) is 3.97. The van der Waals surface area contributed by atoms with E-state index in [1.165, 1.54) is 0 Å². The van der Waals surface area contributed by atoms with Gasteiger partial charge in [0.25, 0.3) is 0 Å². The lowest BCUT2D eigenvalue weighted by Crippen LogP contribution is -2.54. The Morgan fingerprint density at radius 1 is 1.25 bits per heavy atom. The van der Waals surface area contributed by atoms with Crippen molar-refractivity contribution in [2.24, 2.45) is 5.73 Å². The first-order valence-corrected chi connectivity index (χ1v) is 7.83. The minimum Gasteiger partial charge on any atom is -0.444 e. The molecule has 1 saturated heterocycles. The third-order valence-electron chi connectivity index (χ3n) is 3.97. The summed E-state index contributed by atoms with van der Waals surface area (Å²) >= 11 is 0. The smallest absolute Gasteiger partial charge is 0.410 e. The number of amides is 1. The predicted octanol–water partition coefficient (Wildman–Crippen LogP) is 1.86. The van der Waals surface area contributed by atoms with Crippen molar-refractivity contribution in [2.45, 2.75) is 76.6 Å². The molecule has 2 rings (SSSR count). The summed E-state index contributed by atoms with van der Waals surface area (Å²) in [4.78, 5) is 14.0. The van der Waals surface area contributed by atoms with E-state index in [0.29, 0.717) is 18.1 Å². The van der Waals surface area contributed by atoms with E-state index in [-0.39, 0.29) is 6.09 Å². The van der Waals surface area contributed by atoms with Crippen LogP contribution in [0.2, 0.25) is 0 Å². The number of ether oxygens (including phenoxy) is 1. The van der Waals surface area contributed by atoms with Crippen LogP contribution in [0.3, 0.4) is 0 Å². The molecule has 1 aliphatic carbocycles. The first-order valence-electron chi connectivity index (χ1n) is 7.83. The van der Waals surface area contributed by atoms with E-state index in [1.54, 1.807) is 0 Å². The number of nitrogens with zero attached hydrogens (tertiary/aromatic N) is 1. The van der Waals surface area contributed by atoms with Gasteiger partial charge in [-0.25, -0.2) is 4.79 Å². The van der Waals surface area contributed by atoms with Crippen LogP contribution in [0.5, 0.6) is 0 Å². The normalized spacial score (nSPS) is 31.4. The van der Waals surface area contributed by atoms with E-state index in [1.807, 2.05) is 25.7 Å². The molecule has 0 aromatic rings. The molecular weight excluding hydrogens is 254 g/mol. The Kier molecular flexibility index (Phi) is 4.91. The fourth-order valence-electron chi connectivity index (χ4n) is 2.90. The van der Waals surface area contributed by atoms with E-state index in [4.69, 9.17) is 10.5 Å². The van der Waals surface area contributed by atoms with Gasteiger partial charge in [0.05, 0.1) is 0 Å². The van der Waals surface area contributed by atoms with Crippen molar-refractivity contribution in [1.82, 2.24) is 10.2 Å². The van der Waals surface area contributed by atoms with E-state index in [2.05, 4.69) is 5.32 Å². The van der Waals surface area contributed by atoms with Crippen molar-refractivity contribution >= 4 is 6.09 Å². The lowest BCUT2D eigenvalue weighted by atomic mass is 9.87. The Labute approximate surface area is 122 Å². The summed E-state index contributed by atoms with van der Waals surface area (Å²) in [6.45, 7) is 7.29. The standard InChI is InChI=1S/C15H29N3O2/c1-15(2,3)20-14(19)18-7-5-4-6-12(10-18)17-13-8-11(16)9-13/h11-13,17H,4-10,16H2,1-3H3. The molecule has 1 amide bonds. The van der Waals surface area contributed by atoms with Gasteiger partial charge in [-0.05, 0) is 46.5 Å². The average Bonchev–Trinajstić information content (AvgIpc) is 2.50. The van der Waals surface area contributed by atoms with Crippen LogP contribution < -0.4 is 11.1 Å². The fourth-order valence-corrected chi connectivity index (χ4v) is 2.90. The zero-order valence-corrected chi connectivity index (χ0v) is 13.0. The van der Waals surface area contributed by atoms with Gasteiger partial charge in [0.1, 0.15) is 5.60 Å². The highest BCUT2D eigenvalue weighted by Gasteiger charge is 2.31. The Bertz CT molecular complexity index is 335. The molecule has 1 atom stereocenters. The van der Waals surface area contributed by atoms with Gasteiger partial charge >= 0.3 is 6.09 Å². The lowest BCUT2D eigenvalue weighted by Gasteiger charge is -2.37. The number of hydrogen-bond acceptors (Lipinski definition) is 4. The molecule has 5 heteroatoms. The Morgan fingerprint density at radius 3 is 2.55 bits per heavy atom. The maximum absolute atomic E-state index is 12.2. The van der Waals surface area contributed by atoms with Crippen molar-refractivity contribution in [3.8, 4) is 0 Å². The van der Waals surface area contributed by atoms with E-state index in [9.17, 15) is 4.79 Å². The number of carbonyl (C=O) groups is 1. The number of hydrogen-bond donors (Lipinski definition) is 2. The van der Waals surface area contributed by atoms with E-state index in [0.717, 1.165) is 45.2 Å². The first-order chi connectivity index (χ1) is 9.33. The molecule has 2 fully saturated rings. The molecule has 0 spiro atoms. The van der Waals surface area contributed by atoms with Gasteiger partial charge in [-0.3, -0.25) is 0 Å². The molecule has 1 unspecified atom stereocenters. The van der Waals surface area contributed by atoms with E-state index < -0.39 is 5.60 Å². The molecule has 1 heterocycles. The van der Waals surface area contributed by atoms with Crippen LogP contribution >= 0.6 is 0 Å². The molecule has 3 N–H and O–H groups in total. The zero-order chi connectivity index (χ0) is 14.8. The largest absolute Gasteiger partial charge is 0.444 e. The van der Waals surface area contributed by atoms with Gasteiger partial charge in [0.15, 0.2) is 0 Å². The zero-order valence-electron chi connectivity index (χ0n) is 13.0.